The molecule has 0 fully saturated rings. The minimum atomic E-state index is -0.453. The summed E-state index contributed by atoms with van der Waals surface area (Å²) < 4.78 is 0. The van der Waals surface area contributed by atoms with Crippen LogP contribution >= 0.6 is 23.2 Å². The van der Waals surface area contributed by atoms with E-state index in [0.717, 1.165) is 6.42 Å². The predicted octanol–water partition coefficient (Wildman–Crippen LogP) is 3.26. The monoisotopic (exact) mass is 233 g/mol. The molecule has 0 bridgehead atoms. The third-order valence-corrected chi connectivity index (χ3v) is 2.72. The molecule has 0 aliphatic heterocycles. The highest BCUT2D eigenvalue weighted by atomic mass is 35.5. The largest absolute Gasteiger partial charge is 0.393 e. The Kier molecular flexibility index (Phi) is 4.17. The molecule has 14 heavy (non-hydrogen) atoms. The summed E-state index contributed by atoms with van der Waals surface area (Å²) in [6, 6.07) is 1.65. The Bertz CT molecular complexity index is 315. The Morgan fingerprint density at radius 1 is 1.50 bits per heavy atom. The van der Waals surface area contributed by atoms with Crippen LogP contribution in [0.1, 0.15) is 31.9 Å². The van der Waals surface area contributed by atoms with E-state index in [1.807, 2.05) is 6.92 Å². The Labute approximate surface area is 93.9 Å². The maximum Gasteiger partial charge on any atom is 0.0647 e. The Morgan fingerprint density at radius 2 is 2.14 bits per heavy atom. The Balaban J connectivity index is 3.04. The van der Waals surface area contributed by atoms with E-state index in [1.54, 1.807) is 19.2 Å². The molecule has 78 valence electrons. The fourth-order valence-electron chi connectivity index (χ4n) is 1.46. The van der Waals surface area contributed by atoms with Crippen LogP contribution in [-0.2, 0) is 0 Å². The number of nitrogens with zero attached hydrogens (tertiary/aromatic N) is 1. The first kappa shape index (κ1) is 11.8. The van der Waals surface area contributed by atoms with Gasteiger partial charge in [-0.2, -0.15) is 0 Å². The molecule has 0 spiro atoms. The minimum Gasteiger partial charge on any atom is -0.393 e. The lowest BCUT2D eigenvalue weighted by Crippen LogP contribution is -2.15. The molecule has 2 unspecified atom stereocenters. The van der Waals surface area contributed by atoms with E-state index in [2.05, 4.69) is 4.98 Å². The molecule has 2 atom stereocenters. The van der Waals surface area contributed by atoms with Gasteiger partial charge in [-0.05, 0) is 19.4 Å². The lowest BCUT2D eigenvalue weighted by atomic mass is 9.96. The highest BCUT2D eigenvalue weighted by Gasteiger charge is 2.19. The fraction of sp³-hybridized carbons (Fsp3) is 0.500. The average molecular weight is 234 g/mol. The van der Waals surface area contributed by atoms with Gasteiger partial charge < -0.3 is 5.11 Å². The molecule has 4 heteroatoms. The number of hydrogen-bond donors (Lipinski definition) is 1. The number of aromatic nitrogens is 1. The molecule has 0 aliphatic rings. The van der Waals surface area contributed by atoms with Crippen LogP contribution in [0.4, 0.5) is 0 Å². The highest BCUT2D eigenvalue weighted by molar-refractivity contribution is 6.34. The first-order valence-electron chi connectivity index (χ1n) is 4.55. The van der Waals surface area contributed by atoms with Gasteiger partial charge in [0.25, 0.3) is 0 Å². The van der Waals surface area contributed by atoms with Crippen LogP contribution in [0.25, 0.3) is 0 Å². The average Bonchev–Trinajstić information content (AvgIpc) is 2.09. The van der Waals surface area contributed by atoms with Crippen molar-refractivity contribution in [2.24, 2.45) is 0 Å². The molecule has 1 heterocycles. The van der Waals surface area contributed by atoms with Crippen molar-refractivity contribution < 1.29 is 5.11 Å². The van der Waals surface area contributed by atoms with Crippen molar-refractivity contribution in [1.82, 2.24) is 4.98 Å². The summed E-state index contributed by atoms with van der Waals surface area (Å²) in [6.07, 6.45) is 1.89. The normalized spacial score (nSPS) is 15.2. The van der Waals surface area contributed by atoms with E-state index in [1.165, 1.54) is 0 Å². The summed E-state index contributed by atoms with van der Waals surface area (Å²) >= 11 is 11.7. The van der Waals surface area contributed by atoms with Crippen molar-refractivity contribution >= 4 is 23.2 Å². The molecule has 1 aromatic heterocycles. The van der Waals surface area contributed by atoms with Crippen LogP contribution in [0.5, 0.6) is 0 Å². The van der Waals surface area contributed by atoms with Gasteiger partial charge >= 0.3 is 0 Å². The number of rotatable bonds is 3. The molecule has 1 rings (SSSR count). The highest BCUT2D eigenvalue weighted by Crippen LogP contribution is 2.29. The summed E-state index contributed by atoms with van der Waals surface area (Å²) in [5.74, 6) is -0.0280. The van der Waals surface area contributed by atoms with Crippen LogP contribution in [0.15, 0.2) is 12.3 Å². The first-order chi connectivity index (χ1) is 6.56. The van der Waals surface area contributed by atoms with Crippen LogP contribution in [-0.4, -0.2) is 16.2 Å². The number of pyridine rings is 1. The SMILES string of the molecule is CCC(c1ncc(Cl)cc1Cl)C(C)O. The van der Waals surface area contributed by atoms with Gasteiger partial charge in [-0.1, -0.05) is 30.1 Å². The molecule has 2 nitrogen and oxygen atoms in total. The van der Waals surface area contributed by atoms with Crippen molar-refractivity contribution in [2.45, 2.75) is 32.3 Å². The van der Waals surface area contributed by atoms with Gasteiger partial charge in [0, 0.05) is 12.1 Å². The Hall–Kier alpha value is -0.310. The van der Waals surface area contributed by atoms with Crippen molar-refractivity contribution in [3.63, 3.8) is 0 Å². The molecular weight excluding hydrogens is 221 g/mol. The first-order valence-corrected chi connectivity index (χ1v) is 5.30. The molecule has 0 aromatic carbocycles. The minimum absolute atomic E-state index is 0.0280. The van der Waals surface area contributed by atoms with Gasteiger partial charge in [-0.25, -0.2) is 0 Å². The van der Waals surface area contributed by atoms with E-state index in [4.69, 9.17) is 23.2 Å². The van der Waals surface area contributed by atoms with Crippen molar-refractivity contribution in [3.8, 4) is 0 Å². The van der Waals surface area contributed by atoms with Crippen LogP contribution in [0.3, 0.4) is 0 Å². The third kappa shape index (κ3) is 2.59. The molecular formula is C10H13Cl2NO. The number of hydrogen-bond acceptors (Lipinski definition) is 2. The lowest BCUT2D eigenvalue weighted by molar-refractivity contribution is 0.158. The smallest absolute Gasteiger partial charge is 0.0647 e. The topological polar surface area (TPSA) is 33.1 Å². The molecule has 0 saturated heterocycles. The third-order valence-electron chi connectivity index (χ3n) is 2.21. The number of aliphatic hydroxyl groups is 1. The molecule has 1 N–H and O–H groups in total. The van der Waals surface area contributed by atoms with Crippen molar-refractivity contribution in [2.75, 3.05) is 0 Å². The van der Waals surface area contributed by atoms with E-state index < -0.39 is 6.10 Å². The second kappa shape index (κ2) is 4.96. The standard InChI is InChI=1S/C10H13Cl2NO/c1-3-8(6(2)14)10-9(12)4-7(11)5-13-10/h4-6,8,14H,3H2,1-2H3. The van der Waals surface area contributed by atoms with Crippen LogP contribution in [0.2, 0.25) is 10.0 Å². The predicted molar refractivity (Wildman–Crippen MR) is 59.0 cm³/mol. The zero-order valence-corrected chi connectivity index (χ0v) is 9.68. The van der Waals surface area contributed by atoms with Crippen molar-refractivity contribution in [3.05, 3.63) is 28.0 Å². The van der Waals surface area contributed by atoms with Crippen LogP contribution < -0.4 is 0 Å². The lowest BCUT2D eigenvalue weighted by Gasteiger charge is -2.18. The van der Waals surface area contributed by atoms with Crippen LogP contribution in [0, 0.1) is 0 Å². The van der Waals surface area contributed by atoms with E-state index in [9.17, 15) is 5.11 Å². The zero-order chi connectivity index (χ0) is 10.7. The fourth-order valence-corrected chi connectivity index (χ4v) is 1.98. The maximum atomic E-state index is 9.53. The van der Waals surface area contributed by atoms with Gasteiger partial charge in [0.2, 0.25) is 0 Å². The quantitative estimate of drug-likeness (QED) is 0.870. The number of aliphatic hydroxyl groups excluding tert-OH is 1. The van der Waals surface area contributed by atoms with E-state index >= 15 is 0 Å². The molecule has 1 aromatic rings. The van der Waals surface area contributed by atoms with Gasteiger partial charge in [0.05, 0.1) is 21.8 Å². The zero-order valence-electron chi connectivity index (χ0n) is 8.17. The second-order valence-corrected chi connectivity index (χ2v) is 4.12. The molecule has 0 aliphatic carbocycles. The van der Waals surface area contributed by atoms with Gasteiger partial charge in [-0.15, -0.1) is 0 Å². The summed E-state index contributed by atoms with van der Waals surface area (Å²) in [7, 11) is 0. The molecule has 0 radical (unpaired) electrons. The molecule has 0 amide bonds. The van der Waals surface area contributed by atoms with Gasteiger partial charge in [0.15, 0.2) is 0 Å². The second-order valence-electron chi connectivity index (χ2n) is 3.28. The maximum absolute atomic E-state index is 9.53. The van der Waals surface area contributed by atoms with Gasteiger partial charge in [0.1, 0.15) is 0 Å². The Morgan fingerprint density at radius 3 is 2.57 bits per heavy atom. The molecule has 0 saturated carbocycles. The summed E-state index contributed by atoms with van der Waals surface area (Å²) in [6.45, 7) is 3.73. The summed E-state index contributed by atoms with van der Waals surface area (Å²) in [5, 5.41) is 10.6. The van der Waals surface area contributed by atoms with Crippen molar-refractivity contribution in [1.29, 1.82) is 0 Å². The van der Waals surface area contributed by atoms with E-state index in [0.29, 0.717) is 15.7 Å². The van der Waals surface area contributed by atoms with E-state index in [-0.39, 0.29) is 5.92 Å². The number of halogens is 2. The summed E-state index contributed by atoms with van der Waals surface area (Å²) in [4.78, 5) is 4.15. The van der Waals surface area contributed by atoms with Gasteiger partial charge in [-0.3, -0.25) is 4.98 Å². The summed E-state index contributed by atoms with van der Waals surface area (Å²) in [5.41, 5.74) is 0.716.